The molecule has 0 radical (unpaired) electrons. The van der Waals surface area contributed by atoms with Gasteiger partial charge in [0.2, 0.25) is 0 Å². The molecule has 0 unspecified atom stereocenters. The fourth-order valence-electron chi connectivity index (χ4n) is 2.94. The minimum atomic E-state index is -4.02. The normalized spacial score (nSPS) is 14.4. The zero-order chi connectivity index (χ0) is 21.0. The average molecular weight is 485 g/mol. The summed E-state index contributed by atoms with van der Waals surface area (Å²) in [5.41, 5.74) is 0.472. The number of para-hydroxylation sites is 1. The summed E-state index contributed by atoms with van der Waals surface area (Å²) in [6.45, 7) is 1.83. The number of nitrogens with zero attached hydrogens (tertiary/aromatic N) is 1. The SMILES string of the molecule is COc1cc(Br)c(S(=O)(=O)Nc2ccccc2C(=O)N2CCOCC2)cc1OC. The number of carbonyl (C=O) groups excluding carboxylic acids is 1. The highest BCUT2D eigenvalue weighted by atomic mass is 79.9. The van der Waals surface area contributed by atoms with E-state index in [9.17, 15) is 13.2 Å². The van der Waals surface area contributed by atoms with Gasteiger partial charge in [0.05, 0.1) is 38.7 Å². The maximum Gasteiger partial charge on any atom is 0.263 e. The Morgan fingerprint density at radius 2 is 1.72 bits per heavy atom. The number of rotatable bonds is 6. The molecule has 0 atom stereocenters. The summed E-state index contributed by atoms with van der Waals surface area (Å²) < 4.78 is 44.6. The summed E-state index contributed by atoms with van der Waals surface area (Å²) in [7, 11) is -1.13. The topological polar surface area (TPSA) is 94.2 Å². The van der Waals surface area contributed by atoms with E-state index in [1.54, 1.807) is 29.2 Å². The van der Waals surface area contributed by atoms with E-state index in [1.165, 1.54) is 26.4 Å². The Balaban J connectivity index is 1.95. The maximum atomic E-state index is 13.1. The Labute approximate surface area is 177 Å². The Bertz CT molecular complexity index is 1010. The van der Waals surface area contributed by atoms with Crippen LogP contribution in [0.2, 0.25) is 0 Å². The van der Waals surface area contributed by atoms with E-state index >= 15 is 0 Å². The number of methoxy groups -OCH3 is 2. The second-order valence-electron chi connectivity index (χ2n) is 6.19. The zero-order valence-corrected chi connectivity index (χ0v) is 18.4. The first-order chi connectivity index (χ1) is 13.9. The molecule has 1 heterocycles. The average Bonchev–Trinajstić information content (AvgIpc) is 2.73. The predicted molar refractivity (Wildman–Crippen MR) is 111 cm³/mol. The lowest BCUT2D eigenvalue weighted by molar-refractivity contribution is 0.0303. The number of anilines is 1. The van der Waals surface area contributed by atoms with Gasteiger partial charge >= 0.3 is 0 Å². The number of hydrogen-bond donors (Lipinski definition) is 1. The predicted octanol–water partition coefficient (Wildman–Crippen LogP) is 2.74. The molecule has 1 saturated heterocycles. The number of benzene rings is 2. The fraction of sp³-hybridized carbons (Fsp3) is 0.316. The Kier molecular flexibility index (Phi) is 6.66. The van der Waals surface area contributed by atoms with Crippen LogP contribution in [-0.4, -0.2) is 59.7 Å². The van der Waals surface area contributed by atoms with Crippen molar-refractivity contribution in [1.29, 1.82) is 0 Å². The molecule has 0 aromatic heterocycles. The van der Waals surface area contributed by atoms with Crippen LogP contribution in [0.25, 0.3) is 0 Å². The van der Waals surface area contributed by atoms with Crippen LogP contribution in [0.1, 0.15) is 10.4 Å². The van der Waals surface area contributed by atoms with Gasteiger partial charge in [-0.1, -0.05) is 12.1 Å². The summed E-state index contributed by atoms with van der Waals surface area (Å²) in [6.07, 6.45) is 0. The first-order valence-electron chi connectivity index (χ1n) is 8.77. The number of amides is 1. The fourth-order valence-corrected chi connectivity index (χ4v) is 5.05. The molecule has 3 rings (SSSR count). The van der Waals surface area contributed by atoms with Crippen LogP contribution in [0.5, 0.6) is 11.5 Å². The van der Waals surface area contributed by atoms with Gasteiger partial charge in [-0.2, -0.15) is 0 Å². The summed E-state index contributed by atoms with van der Waals surface area (Å²) in [5.74, 6) is 0.410. The van der Waals surface area contributed by atoms with Gasteiger partial charge in [0.1, 0.15) is 4.90 Å². The van der Waals surface area contributed by atoms with Gasteiger partial charge in [-0.25, -0.2) is 8.42 Å². The van der Waals surface area contributed by atoms with Crippen molar-refractivity contribution in [3.8, 4) is 11.5 Å². The third-order valence-electron chi connectivity index (χ3n) is 4.43. The number of sulfonamides is 1. The molecular formula is C19H21BrN2O6S. The van der Waals surface area contributed by atoms with Gasteiger partial charge in [-0.15, -0.1) is 0 Å². The molecule has 1 N–H and O–H groups in total. The molecule has 156 valence electrons. The van der Waals surface area contributed by atoms with E-state index in [-0.39, 0.29) is 27.8 Å². The minimum Gasteiger partial charge on any atom is -0.493 e. The second-order valence-corrected chi connectivity index (χ2v) is 8.70. The van der Waals surface area contributed by atoms with Gasteiger partial charge in [-0.05, 0) is 34.1 Å². The molecule has 2 aromatic rings. The van der Waals surface area contributed by atoms with E-state index in [2.05, 4.69) is 20.7 Å². The molecule has 1 fully saturated rings. The summed E-state index contributed by atoms with van der Waals surface area (Å²) in [5, 5.41) is 0. The first-order valence-corrected chi connectivity index (χ1v) is 11.1. The molecule has 1 aliphatic heterocycles. The molecule has 0 saturated carbocycles. The maximum absolute atomic E-state index is 13.1. The van der Waals surface area contributed by atoms with Gasteiger partial charge in [0.25, 0.3) is 15.9 Å². The van der Waals surface area contributed by atoms with Gasteiger partial charge in [0.15, 0.2) is 11.5 Å². The highest BCUT2D eigenvalue weighted by Gasteiger charge is 2.25. The molecule has 0 spiro atoms. The largest absolute Gasteiger partial charge is 0.493 e. The van der Waals surface area contributed by atoms with Crippen LogP contribution in [-0.2, 0) is 14.8 Å². The lowest BCUT2D eigenvalue weighted by Gasteiger charge is -2.27. The zero-order valence-electron chi connectivity index (χ0n) is 16.0. The van der Waals surface area contributed by atoms with Crippen molar-refractivity contribution in [2.24, 2.45) is 0 Å². The van der Waals surface area contributed by atoms with Gasteiger partial charge in [-0.3, -0.25) is 9.52 Å². The van der Waals surface area contributed by atoms with Gasteiger partial charge < -0.3 is 19.1 Å². The van der Waals surface area contributed by atoms with Crippen LogP contribution in [0, 0.1) is 0 Å². The number of morpholine rings is 1. The van der Waals surface area contributed by atoms with E-state index in [1.807, 2.05) is 0 Å². The van der Waals surface area contributed by atoms with Crippen LogP contribution >= 0.6 is 15.9 Å². The highest BCUT2D eigenvalue weighted by Crippen LogP contribution is 2.36. The Morgan fingerprint density at radius 1 is 1.10 bits per heavy atom. The number of carbonyl (C=O) groups is 1. The van der Waals surface area contributed by atoms with E-state index < -0.39 is 10.0 Å². The smallest absolute Gasteiger partial charge is 0.263 e. The lowest BCUT2D eigenvalue weighted by Crippen LogP contribution is -2.41. The van der Waals surface area contributed by atoms with Crippen molar-refractivity contribution < 1.29 is 27.4 Å². The van der Waals surface area contributed by atoms with Crippen molar-refractivity contribution in [2.75, 3.05) is 45.2 Å². The van der Waals surface area contributed by atoms with Crippen LogP contribution in [0.15, 0.2) is 45.8 Å². The summed E-state index contributed by atoms with van der Waals surface area (Å²) >= 11 is 3.27. The summed E-state index contributed by atoms with van der Waals surface area (Å²) in [6, 6.07) is 9.38. The van der Waals surface area contributed by atoms with Crippen LogP contribution in [0.3, 0.4) is 0 Å². The molecule has 1 aliphatic rings. The number of ether oxygens (including phenoxy) is 3. The highest BCUT2D eigenvalue weighted by molar-refractivity contribution is 9.10. The Morgan fingerprint density at radius 3 is 2.38 bits per heavy atom. The van der Waals surface area contributed by atoms with Crippen molar-refractivity contribution in [3.05, 3.63) is 46.4 Å². The van der Waals surface area contributed by atoms with Crippen molar-refractivity contribution >= 4 is 37.5 Å². The molecule has 2 aromatic carbocycles. The van der Waals surface area contributed by atoms with Gasteiger partial charge in [0, 0.05) is 23.6 Å². The molecule has 29 heavy (non-hydrogen) atoms. The second kappa shape index (κ2) is 9.02. The lowest BCUT2D eigenvalue weighted by atomic mass is 10.1. The number of nitrogens with one attached hydrogen (secondary N) is 1. The first kappa shape index (κ1) is 21.4. The molecule has 0 aliphatic carbocycles. The van der Waals surface area contributed by atoms with E-state index in [0.29, 0.717) is 36.5 Å². The van der Waals surface area contributed by atoms with Crippen molar-refractivity contribution in [2.45, 2.75) is 4.90 Å². The third kappa shape index (κ3) is 4.65. The number of halogens is 1. The molecular weight excluding hydrogens is 464 g/mol. The Hall–Kier alpha value is -2.30. The van der Waals surface area contributed by atoms with Crippen LogP contribution in [0.4, 0.5) is 5.69 Å². The third-order valence-corrected chi connectivity index (χ3v) is 6.75. The molecule has 10 heteroatoms. The van der Waals surface area contributed by atoms with Crippen LogP contribution < -0.4 is 14.2 Å². The van der Waals surface area contributed by atoms with E-state index in [4.69, 9.17) is 14.2 Å². The van der Waals surface area contributed by atoms with E-state index in [0.717, 1.165) is 0 Å². The van der Waals surface area contributed by atoms with Crippen molar-refractivity contribution in [1.82, 2.24) is 4.90 Å². The standard InChI is InChI=1S/C19H21BrN2O6S/c1-26-16-11-14(20)18(12-17(16)27-2)29(24,25)21-15-6-4-3-5-13(15)19(23)22-7-9-28-10-8-22/h3-6,11-12,21H,7-10H2,1-2H3. The summed E-state index contributed by atoms with van der Waals surface area (Å²) in [4.78, 5) is 14.5. The monoisotopic (exact) mass is 484 g/mol. The molecule has 1 amide bonds. The molecule has 8 nitrogen and oxygen atoms in total. The van der Waals surface area contributed by atoms with Crippen molar-refractivity contribution in [3.63, 3.8) is 0 Å². The number of hydrogen-bond acceptors (Lipinski definition) is 6. The molecule has 0 bridgehead atoms. The minimum absolute atomic E-state index is 0.0382. The quantitative estimate of drug-likeness (QED) is 0.677.